The molecule has 0 radical (unpaired) electrons. The van der Waals surface area contributed by atoms with Gasteiger partial charge in [0.2, 0.25) is 0 Å². The molecule has 0 aliphatic rings. The molecule has 78 nitrogen and oxygen atoms in total. The van der Waals surface area contributed by atoms with E-state index in [0.717, 1.165) is 0 Å². The van der Waals surface area contributed by atoms with Crippen LogP contribution in [0.25, 0.3) is 0 Å². The van der Waals surface area contributed by atoms with E-state index in [2.05, 4.69) is 0 Å². The van der Waals surface area contributed by atoms with E-state index >= 15 is 0 Å². The Labute approximate surface area is 1240 Å². The summed E-state index contributed by atoms with van der Waals surface area (Å²) in [6, 6.07) is 0. The second-order valence-electron chi connectivity index (χ2n) is 21.5. The van der Waals surface area contributed by atoms with Gasteiger partial charge in [-0.2, -0.15) is 0 Å². The van der Waals surface area contributed by atoms with Crippen LogP contribution in [0.15, 0.2) is 0 Å². The summed E-state index contributed by atoms with van der Waals surface area (Å²) in [5.74, 6) is 0. The van der Waals surface area contributed by atoms with Gasteiger partial charge in [0.15, 0.2) is 0 Å². The summed E-state index contributed by atoms with van der Waals surface area (Å²) in [4.78, 5) is 537. The predicted octanol–water partition coefficient (Wildman–Crippen LogP) is -41.9. The van der Waals surface area contributed by atoms with Crippen LogP contribution < -0.4 is 235 Å². The van der Waals surface area contributed by atoms with E-state index in [9.17, 15) is 344 Å². The minimum absolute atomic E-state index is 0. The van der Waals surface area contributed by atoms with Gasteiger partial charge in [-0.1, -0.05) is 0 Å². The number of rotatable bonds is 45. The van der Waals surface area contributed by atoms with Crippen molar-refractivity contribution < 1.29 is 948 Å². The number of hydrogen-bond acceptors (Lipinski definition) is 78. The van der Waals surface area contributed by atoms with Crippen molar-refractivity contribution in [3.63, 3.8) is 0 Å². The zero-order valence-corrected chi connectivity index (χ0v) is 111. The maximum absolute atomic E-state index is 11.4. The summed E-state index contributed by atoms with van der Waals surface area (Å²) in [7, 11) is -177. The first-order valence-electron chi connectivity index (χ1n) is 25.8. The summed E-state index contributed by atoms with van der Waals surface area (Å²) in [5.41, 5.74) is -56.6. The first-order chi connectivity index (χ1) is 50.9. The van der Waals surface area contributed by atoms with E-state index in [1.807, 2.05) is 0 Å². The van der Waals surface area contributed by atoms with Gasteiger partial charge in [0.1, 0.15) is 0 Å². The van der Waals surface area contributed by atoms with E-state index in [4.69, 9.17) is 0 Å². The van der Waals surface area contributed by atoms with Crippen LogP contribution in [0.2, 0.25) is 0 Å². The third-order valence-electron chi connectivity index (χ3n) is 12.2. The Hall–Kier alpha value is 23.5. The van der Waals surface area contributed by atoms with E-state index in [0.29, 0.717) is 0 Å². The molecular formula is C18H24Ho16N6O72P24. The molecule has 0 saturated carbocycles. The molecule has 0 spiro atoms. The topological polar surface area (TPSA) is 1540 Å². The Bertz CT molecular complexity index is 3580. The van der Waals surface area contributed by atoms with Crippen molar-refractivity contribution in [1.29, 1.82) is 0 Å². The molecule has 0 N–H and O–H groups in total. The SMILES string of the molecule is O=P([O-])([O-])C(N(CCN(C(P(=O)([O-])[O-])P(=O)([O-])[O-])C(P(=O)([O-])[O-])P(=O)([O-])[O-])C(P(=O)([O-])[O-])P(=O)([O-])[O-])P(=O)([O-])[O-].O=P([O-])([O-])C(N(CCN(C(P(=O)([O-])[O-])P(=O)([O-])[O-])C(P(=O)([O-])[O-])P(=O)([O-])[O-])C(P(=O)([O-])[O-])P(=O)([O-])[O-])P(=O)([O-])[O-].O=P([O-])([O-])C(N(CCN(C(P(=O)([O-])[O-])P(=O)([O-])[O-])C(P(=O)([O-])[O-])P(=O)([O-])[O-])C(P(=O)([O-])[O-])P(=O)([O-])[O-])P(=O)([O-])[O-].[Ho+3].[Ho+3].[Ho+3].[Ho+3].[Ho+3].[Ho+3].[Ho+3].[Ho+3].[Ho+3].[Ho+3].[Ho+3].[Ho+3].[Ho+3].[Ho+3].[Ho+3].[Ho+3]. The second-order valence-corrected chi connectivity index (χ2v) is 64.1. The van der Waals surface area contributed by atoms with Crippen LogP contribution in [0.1, 0.15) is 0 Å². The van der Waals surface area contributed by atoms with Crippen LogP contribution >= 0.6 is 182 Å². The molecule has 0 rings (SSSR count). The molecule has 136 heavy (non-hydrogen) atoms. The molecule has 0 aliphatic heterocycles. The molecule has 0 fully saturated rings. The van der Waals surface area contributed by atoms with Crippen molar-refractivity contribution in [2.75, 3.05) is 39.3 Å². The van der Waals surface area contributed by atoms with Gasteiger partial charge in [-0.3, -0.25) is 29.4 Å². The molecule has 0 amide bonds. The van der Waals surface area contributed by atoms with Gasteiger partial charge >= 0.3 is 604 Å². The van der Waals surface area contributed by atoms with Crippen molar-refractivity contribution >= 4 is 182 Å². The quantitative estimate of drug-likeness (QED) is 0.0403. The minimum Gasteiger partial charge on any atom is -0.809 e. The minimum atomic E-state index is -7.38. The fourth-order valence-electron chi connectivity index (χ4n) is 9.23. The molecule has 0 atom stereocenters. The van der Waals surface area contributed by atoms with Crippen molar-refractivity contribution in [1.82, 2.24) is 29.4 Å². The molecule has 0 aliphatic carbocycles. The van der Waals surface area contributed by atoms with Crippen molar-refractivity contribution in [3.05, 3.63) is 0 Å². The second kappa shape index (κ2) is 76.0. The average Bonchev–Trinajstić information content (AvgIpc) is 0.752. The third kappa shape index (κ3) is 72.6. The molecule has 0 unspecified atom stereocenters. The smallest absolute Gasteiger partial charge is 0.809 e. The Morgan fingerprint density at radius 3 is 0.147 bits per heavy atom. The van der Waals surface area contributed by atoms with Crippen molar-refractivity contribution in [3.8, 4) is 0 Å². The maximum atomic E-state index is 11.4. The van der Waals surface area contributed by atoms with E-state index in [-0.39, 0.29) is 604 Å². The average molecular weight is 4860 g/mol. The molecule has 0 aromatic carbocycles. The summed E-state index contributed by atoms with van der Waals surface area (Å²) in [6.45, 7) is -16.9. The van der Waals surface area contributed by atoms with E-state index in [1.54, 1.807) is 0 Å². The fourth-order valence-corrected chi connectivity index (χ4v) is 43.1. The zero-order chi connectivity index (χ0) is 98.6. The molecule has 118 heteroatoms. The standard InChI is InChI=1S/3C6H24N2O24P8.16Ho/c3*9-33(10,11)3(34(12,13)14)7(4(35(15,16)17)36(18,19)20)1-2-8(5(37(21,22)23)38(24,25)26)6(39(27,28)29)40(30,31)32;;;;;;;;;;;;;;;;/h3*3-6H,1-2H2,(H2,9,10,11)(H2,12,13,14)(H2,15,16,17)(H2,18,19,20)(H2,21,22,23)(H2,24,25,26)(H2,27,28,29)(H2,30,31,32);;;;;;;;;;;;;;;;/q;;;16*+3/p-48. The Balaban J connectivity index is -0.0000000839. The molecule has 0 heterocycles. The van der Waals surface area contributed by atoms with Gasteiger partial charge in [-0.15, -0.1) is 0 Å². The fraction of sp³-hybridized carbons (Fsp3) is 1.00. The Kier molecular flexibility index (Phi) is 113. The van der Waals surface area contributed by atoms with Crippen LogP contribution in [0.4, 0.5) is 0 Å². The predicted molar refractivity (Wildman–Crippen MR) is 268 cm³/mol. The van der Waals surface area contributed by atoms with E-state index in [1.165, 1.54) is 0 Å². The first-order valence-corrected chi connectivity index (χ1v) is 64.5. The first kappa shape index (κ1) is 203. The summed E-state index contributed by atoms with van der Waals surface area (Å²) < 4.78 is 274. The van der Waals surface area contributed by atoms with Crippen LogP contribution in [-0.2, 0) is 110 Å². The van der Waals surface area contributed by atoms with Crippen LogP contribution in [0, 0.1) is 604 Å². The number of nitrogens with zero attached hydrogens (tertiary/aromatic N) is 6. The molecule has 0 saturated heterocycles. The molecule has 0 aromatic heterocycles. The molecular weight excluding hydrogens is 4830 g/mol. The van der Waals surface area contributed by atoms with Gasteiger partial charge < -0.3 is 344 Å². The normalized spacial score (nSPS) is 14.0. The van der Waals surface area contributed by atoms with Crippen molar-refractivity contribution in [2.45, 2.75) is 66.3 Å². The van der Waals surface area contributed by atoms with E-state index < -0.39 is 317 Å². The summed E-state index contributed by atoms with van der Waals surface area (Å²) in [5, 5.41) is 0. The Morgan fingerprint density at radius 2 is 0.125 bits per heavy atom. The van der Waals surface area contributed by atoms with Gasteiger partial charge in [-0.25, -0.2) is 0 Å². The summed E-state index contributed by atoms with van der Waals surface area (Å²) in [6.07, 6.45) is 0. The molecule has 0 bridgehead atoms. The van der Waals surface area contributed by atoms with Crippen molar-refractivity contribution in [2.24, 2.45) is 0 Å². The number of hydrogen-bond donors (Lipinski definition) is 0. The zero-order valence-electron chi connectivity index (χ0n) is 58.8. The monoisotopic (exact) mass is 4860 g/mol. The Morgan fingerprint density at radius 1 is 0.0956 bits per heavy atom. The molecule has 0 aromatic rings. The van der Waals surface area contributed by atoms with Crippen LogP contribution in [-0.4, -0.2) is 135 Å². The van der Waals surface area contributed by atoms with Gasteiger partial charge in [0.25, 0.3) is 0 Å². The maximum Gasteiger partial charge on any atom is 3.00 e. The van der Waals surface area contributed by atoms with Crippen LogP contribution in [0.5, 0.6) is 0 Å². The van der Waals surface area contributed by atoms with Gasteiger partial charge in [-0.05, 0) is 182 Å². The molecule has 854 valence electrons. The van der Waals surface area contributed by atoms with Crippen LogP contribution in [0.3, 0.4) is 0 Å². The largest absolute Gasteiger partial charge is 3.00 e. The van der Waals surface area contributed by atoms with Gasteiger partial charge in [0, 0.05) is 39.3 Å². The third-order valence-corrected chi connectivity index (χ3v) is 53.3. The van der Waals surface area contributed by atoms with Gasteiger partial charge in [0.05, 0.1) is 66.3 Å². The summed E-state index contributed by atoms with van der Waals surface area (Å²) >= 11 is 0.